The van der Waals surface area contributed by atoms with Gasteiger partial charge in [-0.1, -0.05) is 6.07 Å². The van der Waals surface area contributed by atoms with Gasteiger partial charge in [-0.25, -0.2) is 0 Å². The lowest BCUT2D eigenvalue weighted by Gasteiger charge is -2.28. The molecule has 2 saturated heterocycles. The van der Waals surface area contributed by atoms with Gasteiger partial charge in [0, 0.05) is 39.1 Å². The number of nitrogens with one attached hydrogen (secondary N) is 1. The number of thiophene rings is 1. The Morgan fingerprint density at radius 2 is 2.18 bits per heavy atom. The van der Waals surface area contributed by atoms with Gasteiger partial charge in [0.05, 0.1) is 24.1 Å². The Balaban J connectivity index is 1.45. The molecule has 0 saturated carbocycles. The van der Waals surface area contributed by atoms with E-state index >= 15 is 0 Å². The summed E-state index contributed by atoms with van der Waals surface area (Å²) in [5, 5.41) is 4.83. The predicted octanol–water partition coefficient (Wildman–Crippen LogP) is 0.411. The molecule has 0 aliphatic carbocycles. The minimum atomic E-state index is -0.0807. The second-order valence-electron chi connectivity index (χ2n) is 5.65. The summed E-state index contributed by atoms with van der Waals surface area (Å²) in [5.41, 5.74) is 0. The lowest BCUT2D eigenvalue weighted by molar-refractivity contribution is -0.128. The van der Waals surface area contributed by atoms with E-state index in [4.69, 9.17) is 4.74 Å². The average Bonchev–Trinajstić information content (AvgIpc) is 3.16. The molecule has 6 nitrogen and oxygen atoms in total. The van der Waals surface area contributed by atoms with Crippen molar-refractivity contribution in [3.05, 3.63) is 22.4 Å². The first-order chi connectivity index (χ1) is 10.7. The van der Waals surface area contributed by atoms with E-state index in [1.165, 1.54) is 11.3 Å². The normalized spacial score (nSPS) is 23.0. The van der Waals surface area contributed by atoms with Crippen LogP contribution in [-0.4, -0.2) is 73.6 Å². The van der Waals surface area contributed by atoms with Crippen LogP contribution in [0.4, 0.5) is 0 Å². The van der Waals surface area contributed by atoms with Crippen molar-refractivity contribution >= 4 is 23.2 Å². The summed E-state index contributed by atoms with van der Waals surface area (Å²) < 4.78 is 5.32. The molecule has 0 radical (unpaired) electrons. The minimum Gasteiger partial charge on any atom is -0.379 e. The van der Waals surface area contributed by atoms with Gasteiger partial charge in [0.1, 0.15) is 0 Å². The van der Waals surface area contributed by atoms with Crippen molar-refractivity contribution in [3.63, 3.8) is 0 Å². The maximum absolute atomic E-state index is 12.1. The van der Waals surface area contributed by atoms with Gasteiger partial charge in [-0.15, -0.1) is 11.3 Å². The number of hydrogen-bond donors (Lipinski definition) is 1. The summed E-state index contributed by atoms with van der Waals surface area (Å²) >= 11 is 1.42. The van der Waals surface area contributed by atoms with Gasteiger partial charge in [0.15, 0.2) is 0 Å². The number of hydrogen-bond acceptors (Lipinski definition) is 5. The maximum Gasteiger partial charge on any atom is 0.261 e. The van der Waals surface area contributed by atoms with Gasteiger partial charge in [-0.05, 0) is 11.4 Å². The Morgan fingerprint density at radius 1 is 1.36 bits per heavy atom. The van der Waals surface area contributed by atoms with Crippen molar-refractivity contribution in [1.82, 2.24) is 15.1 Å². The highest BCUT2D eigenvalue weighted by molar-refractivity contribution is 7.12. The fraction of sp³-hybridized carbons (Fsp3) is 0.600. The Hall–Kier alpha value is -1.44. The van der Waals surface area contributed by atoms with E-state index in [2.05, 4.69) is 10.2 Å². The van der Waals surface area contributed by atoms with Gasteiger partial charge in [-0.2, -0.15) is 0 Å². The van der Waals surface area contributed by atoms with Gasteiger partial charge in [0.25, 0.3) is 5.91 Å². The molecule has 0 spiro atoms. The molecule has 1 atom stereocenters. The van der Waals surface area contributed by atoms with Crippen molar-refractivity contribution in [1.29, 1.82) is 0 Å². The molecule has 0 bridgehead atoms. The van der Waals surface area contributed by atoms with E-state index in [0.29, 0.717) is 17.8 Å². The topological polar surface area (TPSA) is 61.9 Å². The molecule has 2 aliphatic rings. The maximum atomic E-state index is 12.1. The van der Waals surface area contributed by atoms with Crippen LogP contribution in [0.2, 0.25) is 0 Å². The number of amides is 2. The monoisotopic (exact) mass is 323 g/mol. The zero-order valence-electron chi connectivity index (χ0n) is 12.5. The van der Waals surface area contributed by atoms with Crippen molar-refractivity contribution < 1.29 is 14.3 Å². The SMILES string of the molecule is O=C(NC1CC(=O)N(CCN2CCOCC2)C1)c1cccs1. The Kier molecular flexibility index (Phi) is 5.07. The molecule has 1 aromatic heterocycles. The molecule has 2 fully saturated rings. The molecule has 1 N–H and O–H groups in total. The summed E-state index contributed by atoms with van der Waals surface area (Å²) in [6.45, 7) is 5.62. The van der Waals surface area contributed by atoms with Crippen LogP contribution in [0.15, 0.2) is 17.5 Å². The molecule has 1 aromatic rings. The average molecular weight is 323 g/mol. The molecule has 120 valence electrons. The summed E-state index contributed by atoms with van der Waals surface area (Å²) in [7, 11) is 0. The third-order valence-electron chi connectivity index (χ3n) is 4.08. The number of carbonyl (C=O) groups excluding carboxylic acids is 2. The van der Waals surface area contributed by atoms with E-state index in [1.54, 1.807) is 6.07 Å². The van der Waals surface area contributed by atoms with Crippen LogP contribution in [0.5, 0.6) is 0 Å². The Morgan fingerprint density at radius 3 is 2.91 bits per heavy atom. The lowest BCUT2D eigenvalue weighted by atomic mass is 10.2. The highest BCUT2D eigenvalue weighted by Crippen LogP contribution is 2.14. The standard InChI is InChI=1S/C15H21N3O3S/c19-14-10-12(16-15(20)13-2-1-9-22-13)11-18(14)4-3-17-5-7-21-8-6-17/h1-2,9,12H,3-8,10-11H2,(H,16,20). The van der Waals surface area contributed by atoms with E-state index in [-0.39, 0.29) is 17.9 Å². The Labute approximate surface area is 134 Å². The second-order valence-corrected chi connectivity index (χ2v) is 6.59. The van der Waals surface area contributed by atoms with Crippen molar-refractivity contribution in [2.24, 2.45) is 0 Å². The highest BCUT2D eigenvalue weighted by Gasteiger charge is 2.31. The smallest absolute Gasteiger partial charge is 0.261 e. The van der Waals surface area contributed by atoms with Crippen LogP contribution in [0.25, 0.3) is 0 Å². The van der Waals surface area contributed by atoms with Crippen LogP contribution in [0, 0.1) is 0 Å². The van der Waals surface area contributed by atoms with Crippen molar-refractivity contribution in [3.8, 4) is 0 Å². The Bertz CT molecular complexity index is 514. The van der Waals surface area contributed by atoms with Gasteiger partial charge < -0.3 is 15.0 Å². The number of morpholine rings is 1. The van der Waals surface area contributed by atoms with E-state index in [1.807, 2.05) is 16.3 Å². The molecule has 7 heteroatoms. The molecular weight excluding hydrogens is 302 g/mol. The summed E-state index contributed by atoms with van der Waals surface area (Å²) in [6.07, 6.45) is 0.403. The van der Waals surface area contributed by atoms with E-state index in [0.717, 1.165) is 39.4 Å². The minimum absolute atomic E-state index is 0.0770. The molecule has 0 aromatic carbocycles. The first-order valence-electron chi connectivity index (χ1n) is 7.64. The quantitative estimate of drug-likeness (QED) is 0.853. The van der Waals surface area contributed by atoms with Crippen molar-refractivity contribution in [2.75, 3.05) is 45.9 Å². The molecule has 22 heavy (non-hydrogen) atoms. The highest BCUT2D eigenvalue weighted by atomic mass is 32.1. The first-order valence-corrected chi connectivity index (χ1v) is 8.52. The van der Waals surface area contributed by atoms with Gasteiger partial charge >= 0.3 is 0 Å². The molecule has 1 unspecified atom stereocenters. The number of carbonyl (C=O) groups is 2. The lowest BCUT2D eigenvalue weighted by Crippen LogP contribution is -2.42. The van der Waals surface area contributed by atoms with Crippen LogP contribution < -0.4 is 5.32 Å². The fourth-order valence-corrected chi connectivity index (χ4v) is 3.46. The summed E-state index contributed by atoms with van der Waals surface area (Å²) in [6, 6.07) is 3.58. The summed E-state index contributed by atoms with van der Waals surface area (Å²) in [5.74, 6) is 0.0487. The van der Waals surface area contributed by atoms with Crippen molar-refractivity contribution in [2.45, 2.75) is 12.5 Å². The summed E-state index contributed by atoms with van der Waals surface area (Å²) in [4.78, 5) is 29.0. The molecule has 2 aliphatic heterocycles. The zero-order valence-corrected chi connectivity index (χ0v) is 13.3. The van der Waals surface area contributed by atoms with Crippen LogP contribution in [0.1, 0.15) is 16.1 Å². The first kappa shape index (κ1) is 15.5. The molecule has 2 amide bonds. The second kappa shape index (κ2) is 7.21. The number of nitrogens with zero attached hydrogens (tertiary/aromatic N) is 2. The zero-order chi connectivity index (χ0) is 15.4. The van der Waals surface area contributed by atoms with Crippen LogP contribution >= 0.6 is 11.3 Å². The molecule has 3 rings (SSSR count). The van der Waals surface area contributed by atoms with Crippen LogP contribution in [-0.2, 0) is 9.53 Å². The van der Waals surface area contributed by atoms with E-state index < -0.39 is 0 Å². The number of rotatable bonds is 5. The largest absolute Gasteiger partial charge is 0.379 e. The molecule has 3 heterocycles. The predicted molar refractivity (Wildman–Crippen MR) is 84.0 cm³/mol. The van der Waals surface area contributed by atoms with Gasteiger partial charge in [-0.3, -0.25) is 14.5 Å². The third kappa shape index (κ3) is 3.85. The van der Waals surface area contributed by atoms with E-state index in [9.17, 15) is 9.59 Å². The number of likely N-dealkylation sites (tertiary alicyclic amines) is 1. The molecular formula is C15H21N3O3S. The number of ether oxygens (including phenoxy) is 1. The van der Waals surface area contributed by atoms with Crippen LogP contribution in [0.3, 0.4) is 0 Å². The fourth-order valence-electron chi connectivity index (χ4n) is 2.84. The van der Waals surface area contributed by atoms with Gasteiger partial charge in [0.2, 0.25) is 5.91 Å². The third-order valence-corrected chi connectivity index (χ3v) is 4.95.